The standard InChI is InChI=1S/C22H33N3O3S.C2HF3O2/c1-3-29(27,28)25-10-8-22(9-11-25)17-18(19-6-4-5-7-20(19)22)16-21(26)24-14-12-23(2)13-15-24;3-2(4,5)1(6)7/h4-7,18H,3,8-17H2,1-2H3;(H,6,7). The Labute approximate surface area is 210 Å². The highest BCUT2D eigenvalue weighted by Gasteiger charge is 2.47. The van der Waals surface area contributed by atoms with E-state index in [0.717, 1.165) is 45.4 Å². The molecule has 0 saturated carbocycles. The van der Waals surface area contributed by atoms with Gasteiger partial charge in [-0.05, 0) is 55.7 Å². The van der Waals surface area contributed by atoms with Crippen molar-refractivity contribution in [2.45, 2.75) is 50.1 Å². The topological polar surface area (TPSA) is 98.2 Å². The van der Waals surface area contributed by atoms with Crippen molar-refractivity contribution in [3.05, 3.63) is 35.4 Å². The molecule has 0 radical (unpaired) electrons. The summed E-state index contributed by atoms with van der Waals surface area (Å²) >= 11 is 0. The number of carboxylic acid groups (broad SMARTS) is 1. The highest BCUT2D eigenvalue weighted by Crippen LogP contribution is 2.53. The van der Waals surface area contributed by atoms with Crippen LogP contribution in [0.15, 0.2) is 24.3 Å². The van der Waals surface area contributed by atoms with Crippen molar-refractivity contribution < 1.29 is 36.3 Å². The van der Waals surface area contributed by atoms with Gasteiger partial charge in [-0.15, -0.1) is 0 Å². The number of rotatable bonds is 4. The van der Waals surface area contributed by atoms with Gasteiger partial charge in [0.15, 0.2) is 0 Å². The molecular formula is C24H34F3N3O5S. The number of carboxylic acids is 1. The van der Waals surface area contributed by atoms with Crippen LogP contribution >= 0.6 is 0 Å². The van der Waals surface area contributed by atoms with Crippen LogP contribution in [0.1, 0.15) is 49.7 Å². The van der Waals surface area contributed by atoms with Gasteiger partial charge in [-0.3, -0.25) is 4.79 Å². The van der Waals surface area contributed by atoms with E-state index in [1.165, 1.54) is 11.1 Å². The largest absolute Gasteiger partial charge is 0.490 e. The molecule has 1 aliphatic carbocycles. The van der Waals surface area contributed by atoms with Crippen LogP contribution in [0.2, 0.25) is 0 Å². The summed E-state index contributed by atoms with van der Waals surface area (Å²) < 4.78 is 58.0. The van der Waals surface area contributed by atoms with E-state index in [-0.39, 0.29) is 23.0 Å². The second-order valence-electron chi connectivity index (χ2n) is 9.76. The van der Waals surface area contributed by atoms with Gasteiger partial charge in [0.05, 0.1) is 5.75 Å². The van der Waals surface area contributed by atoms with Crippen LogP contribution in [0.3, 0.4) is 0 Å². The quantitative estimate of drug-likeness (QED) is 0.639. The summed E-state index contributed by atoms with van der Waals surface area (Å²) in [5.41, 5.74) is 2.68. The maximum Gasteiger partial charge on any atom is 0.490 e. The van der Waals surface area contributed by atoms with E-state index < -0.39 is 22.2 Å². The van der Waals surface area contributed by atoms with Crippen molar-refractivity contribution in [2.75, 3.05) is 52.1 Å². The lowest BCUT2D eigenvalue weighted by Gasteiger charge is -2.39. The molecule has 0 bridgehead atoms. The highest BCUT2D eigenvalue weighted by atomic mass is 32.2. The first kappa shape index (κ1) is 28.4. The summed E-state index contributed by atoms with van der Waals surface area (Å²) in [7, 11) is -1.03. The number of aliphatic carboxylic acids is 1. The fourth-order valence-corrected chi connectivity index (χ4v) is 6.56. The van der Waals surface area contributed by atoms with Crippen LogP contribution in [0, 0.1) is 0 Å². The highest BCUT2D eigenvalue weighted by molar-refractivity contribution is 7.89. The van der Waals surface area contributed by atoms with Crippen LogP contribution in [-0.2, 0) is 25.0 Å². The summed E-state index contributed by atoms with van der Waals surface area (Å²) in [6.45, 7) is 6.41. The Morgan fingerprint density at radius 1 is 1.06 bits per heavy atom. The SMILES string of the molecule is CCS(=O)(=O)N1CCC2(CC1)CC(CC(=O)N1CCN(C)CC1)c1ccccc12.O=C(O)C(F)(F)F. The molecule has 4 rings (SSSR count). The minimum Gasteiger partial charge on any atom is -0.475 e. The van der Waals surface area contributed by atoms with Crippen LogP contribution < -0.4 is 0 Å². The Balaban J connectivity index is 0.000000454. The molecule has 0 aromatic heterocycles. The molecule has 2 aliphatic heterocycles. The van der Waals surface area contributed by atoms with Crippen LogP contribution in [0.25, 0.3) is 0 Å². The predicted octanol–water partition coefficient (Wildman–Crippen LogP) is 2.65. The molecule has 202 valence electrons. The van der Waals surface area contributed by atoms with Gasteiger partial charge in [0, 0.05) is 45.7 Å². The number of hydrogen-bond donors (Lipinski definition) is 1. The van der Waals surface area contributed by atoms with Gasteiger partial charge >= 0.3 is 12.1 Å². The lowest BCUT2D eigenvalue weighted by Crippen LogP contribution is -2.47. The Morgan fingerprint density at radius 3 is 2.14 bits per heavy atom. The first-order valence-electron chi connectivity index (χ1n) is 12.1. The van der Waals surface area contributed by atoms with Crippen LogP contribution in [-0.4, -0.2) is 97.8 Å². The molecule has 1 unspecified atom stereocenters. The Bertz CT molecular complexity index is 1050. The third-order valence-corrected chi connectivity index (χ3v) is 9.45. The normalized spacial score (nSPS) is 22.6. The maximum absolute atomic E-state index is 13.0. The van der Waals surface area contributed by atoms with E-state index in [1.54, 1.807) is 11.2 Å². The first-order chi connectivity index (χ1) is 16.8. The number of nitrogens with zero attached hydrogens (tertiary/aromatic N) is 3. The molecule has 1 aromatic rings. The number of carbonyl (C=O) groups is 2. The van der Waals surface area contributed by atoms with Gasteiger partial charge in [0.2, 0.25) is 15.9 Å². The zero-order chi connectivity index (χ0) is 26.7. The van der Waals surface area contributed by atoms with Crippen LogP contribution in [0.4, 0.5) is 13.2 Å². The molecule has 1 amide bonds. The number of benzene rings is 1. The van der Waals surface area contributed by atoms with Crippen molar-refractivity contribution >= 4 is 21.9 Å². The monoisotopic (exact) mass is 533 g/mol. The number of hydrogen-bond acceptors (Lipinski definition) is 5. The molecule has 2 heterocycles. The van der Waals surface area contributed by atoms with Gasteiger partial charge < -0.3 is 14.9 Å². The molecule has 2 fully saturated rings. The number of likely N-dealkylation sites (N-methyl/N-ethyl adjacent to an activating group) is 1. The zero-order valence-corrected chi connectivity index (χ0v) is 21.4. The number of fused-ring (bicyclic) bond motifs is 2. The number of alkyl halides is 3. The summed E-state index contributed by atoms with van der Waals surface area (Å²) in [6, 6.07) is 8.54. The van der Waals surface area contributed by atoms with Crippen molar-refractivity contribution in [3.63, 3.8) is 0 Å². The minimum absolute atomic E-state index is 0.0173. The third kappa shape index (κ3) is 6.38. The number of amides is 1. The summed E-state index contributed by atoms with van der Waals surface area (Å²) in [5.74, 6) is -2.08. The van der Waals surface area contributed by atoms with E-state index in [2.05, 4.69) is 36.2 Å². The first-order valence-corrected chi connectivity index (χ1v) is 13.7. The fourth-order valence-electron chi connectivity index (χ4n) is 5.45. The molecule has 1 aromatic carbocycles. The summed E-state index contributed by atoms with van der Waals surface area (Å²) in [5, 5.41) is 7.12. The molecule has 12 heteroatoms. The predicted molar refractivity (Wildman–Crippen MR) is 128 cm³/mol. The maximum atomic E-state index is 13.0. The molecule has 1 atom stereocenters. The Hall–Kier alpha value is -2.18. The van der Waals surface area contributed by atoms with Gasteiger partial charge in [-0.2, -0.15) is 13.2 Å². The second kappa shape index (κ2) is 11.1. The van der Waals surface area contributed by atoms with E-state index in [0.29, 0.717) is 19.5 Å². The van der Waals surface area contributed by atoms with Gasteiger partial charge in [0.1, 0.15) is 0 Å². The lowest BCUT2D eigenvalue weighted by molar-refractivity contribution is -0.192. The zero-order valence-electron chi connectivity index (χ0n) is 20.6. The van der Waals surface area contributed by atoms with E-state index in [1.807, 2.05) is 4.90 Å². The molecule has 3 aliphatic rings. The molecule has 1 spiro atoms. The molecule has 36 heavy (non-hydrogen) atoms. The minimum atomic E-state index is -5.08. The fraction of sp³-hybridized carbons (Fsp3) is 0.667. The average Bonchev–Trinajstić information content (AvgIpc) is 3.12. The summed E-state index contributed by atoms with van der Waals surface area (Å²) in [4.78, 5) is 26.2. The van der Waals surface area contributed by atoms with Gasteiger partial charge in [-0.1, -0.05) is 24.3 Å². The van der Waals surface area contributed by atoms with Gasteiger partial charge in [0.25, 0.3) is 0 Å². The van der Waals surface area contributed by atoms with Crippen molar-refractivity contribution in [2.24, 2.45) is 0 Å². The van der Waals surface area contributed by atoms with E-state index in [4.69, 9.17) is 9.90 Å². The van der Waals surface area contributed by atoms with Crippen molar-refractivity contribution in [1.29, 1.82) is 0 Å². The summed E-state index contributed by atoms with van der Waals surface area (Å²) in [6.07, 6.45) is -1.85. The number of piperazine rings is 1. The average molecular weight is 534 g/mol. The number of halogens is 3. The van der Waals surface area contributed by atoms with Gasteiger partial charge in [-0.25, -0.2) is 17.5 Å². The molecular weight excluding hydrogens is 499 g/mol. The lowest BCUT2D eigenvalue weighted by atomic mass is 9.73. The van der Waals surface area contributed by atoms with Crippen LogP contribution in [0.5, 0.6) is 0 Å². The molecule has 8 nitrogen and oxygen atoms in total. The van der Waals surface area contributed by atoms with Crippen molar-refractivity contribution in [1.82, 2.24) is 14.1 Å². The number of sulfonamides is 1. The third-order valence-electron chi connectivity index (χ3n) is 7.57. The van der Waals surface area contributed by atoms with Crippen molar-refractivity contribution in [3.8, 4) is 0 Å². The smallest absolute Gasteiger partial charge is 0.475 e. The Kier molecular flexibility index (Phi) is 8.72. The second-order valence-corrected chi connectivity index (χ2v) is 12.0. The molecule has 2 saturated heterocycles. The number of piperidine rings is 1. The van der Waals surface area contributed by atoms with E-state index >= 15 is 0 Å². The van der Waals surface area contributed by atoms with E-state index in [9.17, 15) is 26.4 Å². The molecule has 1 N–H and O–H groups in total. The Morgan fingerprint density at radius 2 is 1.61 bits per heavy atom. The number of carbonyl (C=O) groups excluding carboxylic acids is 1.